The van der Waals surface area contributed by atoms with Gasteiger partial charge in [0.05, 0.1) is 29.4 Å². The van der Waals surface area contributed by atoms with Gasteiger partial charge in [0.25, 0.3) is 0 Å². The SMILES string of the molecule is S=C(NCc1ccc2c(c1)OCO2)Nc1cnc(NC2=NC=NC3c4ccccc4SC23)nc1. The molecule has 3 aromatic rings. The van der Waals surface area contributed by atoms with Crippen LogP contribution in [0.15, 0.2) is 69.7 Å². The van der Waals surface area contributed by atoms with Gasteiger partial charge >= 0.3 is 0 Å². The fourth-order valence-electron chi connectivity index (χ4n) is 3.88. The molecule has 9 nitrogen and oxygen atoms in total. The normalized spacial score (nSPS) is 19.1. The number of rotatable bonds is 4. The molecule has 2 aromatic carbocycles. The molecule has 0 radical (unpaired) electrons. The number of amidine groups is 1. The highest BCUT2D eigenvalue weighted by molar-refractivity contribution is 8.01. The van der Waals surface area contributed by atoms with Gasteiger partial charge in [-0.15, -0.1) is 11.8 Å². The molecule has 3 aliphatic heterocycles. The highest BCUT2D eigenvalue weighted by Crippen LogP contribution is 2.47. The van der Waals surface area contributed by atoms with Crippen molar-refractivity contribution in [1.82, 2.24) is 15.3 Å². The third kappa shape index (κ3) is 4.15. The predicted octanol–water partition coefficient (Wildman–Crippen LogP) is 3.76. The Bertz CT molecular complexity index is 1310. The van der Waals surface area contributed by atoms with Crippen LogP contribution in [0.1, 0.15) is 17.2 Å². The summed E-state index contributed by atoms with van der Waals surface area (Å²) in [6.07, 6.45) is 4.96. The molecule has 2 atom stereocenters. The first kappa shape index (κ1) is 20.9. The number of fused-ring (bicyclic) bond motifs is 4. The summed E-state index contributed by atoms with van der Waals surface area (Å²) >= 11 is 7.15. The Hall–Kier alpha value is -3.70. The third-order valence-electron chi connectivity index (χ3n) is 5.51. The van der Waals surface area contributed by atoms with E-state index in [0.29, 0.717) is 23.3 Å². The van der Waals surface area contributed by atoms with Crippen LogP contribution in [0.4, 0.5) is 11.6 Å². The molecular weight excluding hydrogens is 470 g/mol. The summed E-state index contributed by atoms with van der Waals surface area (Å²) in [4.78, 5) is 19.1. The van der Waals surface area contributed by atoms with Gasteiger partial charge in [-0.2, -0.15) is 0 Å². The molecule has 0 bridgehead atoms. The van der Waals surface area contributed by atoms with Gasteiger partial charge in [0.1, 0.15) is 12.2 Å². The Labute approximate surface area is 205 Å². The minimum atomic E-state index is 0.0512. The van der Waals surface area contributed by atoms with Crippen LogP contribution in [0, 0.1) is 0 Å². The van der Waals surface area contributed by atoms with E-state index in [2.05, 4.69) is 48.0 Å². The zero-order valence-electron chi connectivity index (χ0n) is 17.8. The standard InChI is InChI=1S/C23H19N7O2S2/c33-23(26-8-13-5-6-16-17(7-13)32-12-31-16)29-14-9-24-22(25-10-14)30-21-20-19(27-11-28-21)15-3-1-2-4-18(15)34-20/h1-7,9-11,19-20H,8,12H2,(H2,26,29,33)(H,24,25,27,28,30). The number of anilines is 2. The number of aromatic nitrogens is 2. The van der Waals surface area contributed by atoms with Gasteiger partial charge in [-0.25, -0.2) is 15.0 Å². The first-order valence-corrected chi connectivity index (χ1v) is 11.9. The van der Waals surface area contributed by atoms with E-state index < -0.39 is 0 Å². The van der Waals surface area contributed by atoms with Crippen LogP contribution in [0.2, 0.25) is 0 Å². The lowest BCUT2D eigenvalue weighted by atomic mass is 10.0. The molecule has 4 heterocycles. The summed E-state index contributed by atoms with van der Waals surface area (Å²) in [5.41, 5.74) is 2.94. The zero-order valence-corrected chi connectivity index (χ0v) is 19.4. The number of hydrogen-bond acceptors (Lipinski definition) is 9. The molecule has 3 aliphatic rings. The van der Waals surface area contributed by atoms with Crippen molar-refractivity contribution in [3.63, 3.8) is 0 Å². The number of ether oxygens (including phenoxy) is 2. The molecule has 34 heavy (non-hydrogen) atoms. The van der Waals surface area contributed by atoms with Gasteiger partial charge in [0.15, 0.2) is 16.6 Å². The fraction of sp³-hybridized carbons (Fsp3) is 0.174. The number of benzene rings is 2. The minimum absolute atomic E-state index is 0.0512. The van der Waals surface area contributed by atoms with Crippen molar-refractivity contribution in [2.75, 3.05) is 17.4 Å². The number of hydrogen-bond donors (Lipinski definition) is 3. The first-order valence-electron chi connectivity index (χ1n) is 10.6. The molecule has 6 rings (SSSR count). The zero-order chi connectivity index (χ0) is 22.9. The lowest BCUT2D eigenvalue weighted by molar-refractivity contribution is 0.174. The Balaban J connectivity index is 1.04. The highest BCUT2D eigenvalue weighted by Gasteiger charge is 2.38. The second-order valence-electron chi connectivity index (χ2n) is 7.72. The summed E-state index contributed by atoms with van der Waals surface area (Å²) in [6, 6.07) is 14.2. The average molecular weight is 490 g/mol. The van der Waals surface area contributed by atoms with E-state index in [1.807, 2.05) is 30.3 Å². The van der Waals surface area contributed by atoms with E-state index in [1.54, 1.807) is 30.5 Å². The number of aliphatic imine (C=N–C) groups is 2. The number of nitrogens with one attached hydrogen (secondary N) is 3. The first-order chi connectivity index (χ1) is 16.7. The van der Waals surface area contributed by atoms with Gasteiger partial charge in [0, 0.05) is 11.4 Å². The molecule has 0 saturated heterocycles. The molecule has 2 unspecified atom stereocenters. The van der Waals surface area contributed by atoms with E-state index in [0.717, 1.165) is 22.9 Å². The topological polar surface area (TPSA) is 105 Å². The highest BCUT2D eigenvalue weighted by atomic mass is 32.2. The average Bonchev–Trinajstić information content (AvgIpc) is 3.49. The van der Waals surface area contributed by atoms with Crippen molar-refractivity contribution < 1.29 is 9.47 Å². The molecule has 0 saturated carbocycles. The maximum Gasteiger partial charge on any atom is 0.231 e. The van der Waals surface area contributed by atoms with Crippen molar-refractivity contribution in [1.29, 1.82) is 0 Å². The second-order valence-corrected chi connectivity index (χ2v) is 9.31. The van der Waals surface area contributed by atoms with Crippen LogP contribution < -0.4 is 25.4 Å². The van der Waals surface area contributed by atoms with Crippen molar-refractivity contribution in [2.24, 2.45) is 9.98 Å². The molecular formula is C23H19N7O2S2. The molecule has 11 heteroatoms. The lowest BCUT2D eigenvalue weighted by Crippen LogP contribution is -2.31. The van der Waals surface area contributed by atoms with Crippen molar-refractivity contribution in [3.05, 3.63) is 66.0 Å². The van der Waals surface area contributed by atoms with Crippen molar-refractivity contribution in [2.45, 2.75) is 22.7 Å². The maximum absolute atomic E-state index is 5.41. The summed E-state index contributed by atoms with van der Waals surface area (Å²) in [6.45, 7) is 0.804. The molecule has 0 spiro atoms. The van der Waals surface area contributed by atoms with Gasteiger partial charge in [-0.05, 0) is 41.5 Å². The summed E-state index contributed by atoms with van der Waals surface area (Å²) in [5, 5.41) is 10.1. The molecule has 3 N–H and O–H groups in total. The Morgan fingerprint density at radius 3 is 2.85 bits per heavy atom. The second kappa shape index (κ2) is 8.92. The Morgan fingerprint density at radius 2 is 1.94 bits per heavy atom. The minimum Gasteiger partial charge on any atom is -0.454 e. The summed E-state index contributed by atoms with van der Waals surface area (Å²) in [7, 11) is 0. The Morgan fingerprint density at radius 1 is 1.09 bits per heavy atom. The molecule has 1 aromatic heterocycles. The largest absolute Gasteiger partial charge is 0.454 e. The van der Waals surface area contributed by atoms with Gasteiger partial charge in [-0.3, -0.25) is 4.99 Å². The molecule has 0 aliphatic carbocycles. The summed E-state index contributed by atoms with van der Waals surface area (Å²) in [5.74, 6) is 2.76. The third-order valence-corrected chi connectivity index (χ3v) is 7.12. The van der Waals surface area contributed by atoms with Crippen LogP contribution in [-0.4, -0.2) is 39.3 Å². The molecule has 0 fully saturated rings. The quantitative estimate of drug-likeness (QED) is 0.473. The van der Waals surface area contributed by atoms with Gasteiger partial charge < -0.3 is 25.4 Å². The van der Waals surface area contributed by atoms with Crippen molar-refractivity contribution >= 4 is 52.9 Å². The number of thiocarbonyl (C=S) groups is 1. The van der Waals surface area contributed by atoms with E-state index in [1.165, 1.54) is 10.5 Å². The fourth-order valence-corrected chi connectivity index (χ4v) is 5.41. The van der Waals surface area contributed by atoms with Gasteiger partial charge in [0.2, 0.25) is 12.7 Å². The lowest BCUT2D eigenvalue weighted by Gasteiger charge is -2.21. The van der Waals surface area contributed by atoms with Crippen molar-refractivity contribution in [3.8, 4) is 11.5 Å². The monoisotopic (exact) mass is 489 g/mol. The van der Waals surface area contributed by atoms with Crippen LogP contribution in [0.3, 0.4) is 0 Å². The van der Waals surface area contributed by atoms with Crippen LogP contribution in [0.25, 0.3) is 0 Å². The van der Waals surface area contributed by atoms with Crippen LogP contribution in [0.5, 0.6) is 11.5 Å². The predicted molar refractivity (Wildman–Crippen MR) is 136 cm³/mol. The van der Waals surface area contributed by atoms with E-state index >= 15 is 0 Å². The molecule has 0 amide bonds. The smallest absolute Gasteiger partial charge is 0.231 e. The van der Waals surface area contributed by atoms with E-state index in [-0.39, 0.29) is 18.1 Å². The number of nitrogens with zero attached hydrogens (tertiary/aromatic N) is 4. The summed E-state index contributed by atoms with van der Waals surface area (Å²) < 4.78 is 10.7. The van der Waals surface area contributed by atoms with Crippen LogP contribution >= 0.6 is 24.0 Å². The van der Waals surface area contributed by atoms with Gasteiger partial charge in [-0.1, -0.05) is 24.3 Å². The van der Waals surface area contributed by atoms with E-state index in [9.17, 15) is 0 Å². The molecule has 170 valence electrons. The van der Waals surface area contributed by atoms with Crippen LogP contribution in [-0.2, 0) is 6.54 Å². The Kier molecular flexibility index (Phi) is 5.47. The maximum atomic E-state index is 5.41. The number of thioether (sulfide) groups is 1. The van der Waals surface area contributed by atoms with E-state index in [4.69, 9.17) is 21.7 Å².